The van der Waals surface area contributed by atoms with E-state index >= 15 is 0 Å². The van der Waals surface area contributed by atoms with Gasteiger partial charge < -0.3 is 19.2 Å². The van der Waals surface area contributed by atoms with Crippen LogP contribution in [-0.2, 0) is 4.79 Å². The van der Waals surface area contributed by atoms with Gasteiger partial charge >= 0.3 is 0 Å². The van der Waals surface area contributed by atoms with Crippen molar-refractivity contribution < 1.29 is 18.7 Å². The van der Waals surface area contributed by atoms with Crippen LogP contribution in [0.1, 0.15) is 38.4 Å². The zero-order valence-corrected chi connectivity index (χ0v) is 18.8. The van der Waals surface area contributed by atoms with Crippen LogP contribution in [0.2, 0.25) is 0 Å². The monoisotopic (exact) mass is 435 g/mol. The minimum Gasteiger partial charge on any atom is -0.497 e. The fourth-order valence-electron chi connectivity index (χ4n) is 4.40. The lowest BCUT2D eigenvalue weighted by molar-refractivity contribution is -0.124. The summed E-state index contributed by atoms with van der Waals surface area (Å²) in [7, 11) is 1.60. The Balaban J connectivity index is 1.50. The normalized spacial score (nSPS) is 18.3. The van der Waals surface area contributed by atoms with Crippen molar-refractivity contribution in [3.8, 4) is 22.6 Å². The van der Waals surface area contributed by atoms with E-state index in [0.29, 0.717) is 34.0 Å². The number of hydrogen-bond donors (Lipinski definition) is 1. The standard InChI is InChI=1S/C26H29NO5/c1-16-6-4-5-7-22(16)27-24(28)15-31-20-12-13-21-23(14-20)32-17(2)25(26(21)29)18-8-10-19(30-3)11-9-18/h8-14,16,22H,4-7,15H2,1-3H3,(H,27,28)/t16-,22+/m1/s1. The minimum atomic E-state index is -0.128. The quantitative estimate of drug-likeness (QED) is 0.599. The molecule has 168 valence electrons. The van der Waals surface area contributed by atoms with Crippen molar-refractivity contribution >= 4 is 16.9 Å². The molecule has 6 heteroatoms. The predicted molar refractivity (Wildman–Crippen MR) is 124 cm³/mol. The van der Waals surface area contributed by atoms with Gasteiger partial charge in [-0.3, -0.25) is 9.59 Å². The molecule has 0 aliphatic heterocycles. The molecule has 0 radical (unpaired) electrons. The molecule has 4 rings (SSSR count). The zero-order valence-electron chi connectivity index (χ0n) is 18.8. The molecule has 0 spiro atoms. The van der Waals surface area contributed by atoms with Crippen LogP contribution in [0, 0.1) is 12.8 Å². The van der Waals surface area contributed by atoms with Gasteiger partial charge in [-0.15, -0.1) is 0 Å². The second kappa shape index (κ2) is 9.47. The van der Waals surface area contributed by atoms with Crippen molar-refractivity contribution in [3.05, 3.63) is 58.4 Å². The fourth-order valence-corrected chi connectivity index (χ4v) is 4.40. The molecule has 1 saturated carbocycles. The van der Waals surface area contributed by atoms with Gasteiger partial charge in [0.25, 0.3) is 5.91 Å². The number of nitrogens with one attached hydrogen (secondary N) is 1. The van der Waals surface area contributed by atoms with Gasteiger partial charge in [0.1, 0.15) is 22.8 Å². The number of carbonyl (C=O) groups is 1. The number of carbonyl (C=O) groups excluding carboxylic acids is 1. The van der Waals surface area contributed by atoms with E-state index in [9.17, 15) is 9.59 Å². The van der Waals surface area contributed by atoms with Crippen LogP contribution in [0.25, 0.3) is 22.1 Å². The number of hydrogen-bond acceptors (Lipinski definition) is 5. The van der Waals surface area contributed by atoms with Gasteiger partial charge in [-0.25, -0.2) is 0 Å². The smallest absolute Gasteiger partial charge is 0.258 e. The van der Waals surface area contributed by atoms with Crippen LogP contribution in [0.15, 0.2) is 51.7 Å². The van der Waals surface area contributed by atoms with Crippen molar-refractivity contribution in [1.29, 1.82) is 0 Å². The first-order valence-electron chi connectivity index (χ1n) is 11.1. The van der Waals surface area contributed by atoms with E-state index in [2.05, 4.69) is 12.2 Å². The van der Waals surface area contributed by atoms with Crippen LogP contribution in [-0.4, -0.2) is 25.7 Å². The van der Waals surface area contributed by atoms with E-state index < -0.39 is 0 Å². The number of amides is 1. The number of ether oxygens (including phenoxy) is 2. The third-order valence-electron chi connectivity index (χ3n) is 6.25. The molecule has 0 saturated heterocycles. The Morgan fingerprint density at radius 1 is 1.09 bits per heavy atom. The molecule has 0 unspecified atom stereocenters. The Bertz CT molecular complexity index is 1170. The summed E-state index contributed by atoms with van der Waals surface area (Å²) in [6.07, 6.45) is 4.54. The third-order valence-corrected chi connectivity index (χ3v) is 6.25. The van der Waals surface area contributed by atoms with Gasteiger partial charge in [-0.2, -0.15) is 0 Å². The molecule has 1 N–H and O–H groups in total. The van der Waals surface area contributed by atoms with Crippen molar-refractivity contribution in [3.63, 3.8) is 0 Å². The summed E-state index contributed by atoms with van der Waals surface area (Å²) in [5, 5.41) is 3.55. The molecule has 32 heavy (non-hydrogen) atoms. The number of fused-ring (bicyclic) bond motifs is 1. The Kier molecular flexibility index (Phi) is 6.49. The van der Waals surface area contributed by atoms with E-state index in [1.165, 1.54) is 6.42 Å². The first kappa shape index (κ1) is 21.9. The van der Waals surface area contributed by atoms with E-state index in [-0.39, 0.29) is 24.0 Å². The lowest BCUT2D eigenvalue weighted by atomic mass is 9.86. The van der Waals surface area contributed by atoms with Crippen LogP contribution in [0.4, 0.5) is 0 Å². The van der Waals surface area contributed by atoms with Crippen LogP contribution in [0.3, 0.4) is 0 Å². The Hall–Kier alpha value is -3.28. The molecule has 1 amide bonds. The predicted octanol–water partition coefficient (Wildman–Crippen LogP) is 4.85. The maximum atomic E-state index is 13.1. The number of methoxy groups -OCH3 is 1. The summed E-state index contributed by atoms with van der Waals surface area (Å²) in [5.41, 5.74) is 1.62. The van der Waals surface area contributed by atoms with E-state index in [0.717, 1.165) is 30.6 Å². The summed E-state index contributed by atoms with van der Waals surface area (Å²) in [6, 6.07) is 12.6. The van der Waals surface area contributed by atoms with Gasteiger partial charge in [0.05, 0.1) is 18.1 Å². The second-order valence-electron chi connectivity index (χ2n) is 8.47. The maximum absolute atomic E-state index is 13.1. The summed E-state index contributed by atoms with van der Waals surface area (Å²) in [6.45, 7) is 3.88. The maximum Gasteiger partial charge on any atom is 0.258 e. The van der Waals surface area contributed by atoms with Crippen molar-refractivity contribution in [2.75, 3.05) is 13.7 Å². The number of rotatable bonds is 6. The minimum absolute atomic E-state index is 0.0676. The molecule has 1 aliphatic carbocycles. The average Bonchev–Trinajstić information content (AvgIpc) is 2.79. The number of aryl methyl sites for hydroxylation is 1. The summed E-state index contributed by atoms with van der Waals surface area (Å²) in [4.78, 5) is 25.5. The molecular formula is C26H29NO5. The van der Waals surface area contributed by atoms with Gasteiger partial charge in [0.2, 0.25) is 5.43 Å². The highest BCUT2D eigenvalue weighted by Crippen LogP contribution is 2.28. The van der Waals surface area contributed by atoms with Gasteiger partial charge in [-0.05, 0) is 55.5 Å². The molecule has 1 aromatic heterocycles. The largest absolute Gasteiger partial charge is 0.497 e. The molecule has 1 fully saturated rings. The average molecular weight is 436 g/mol. The lowest BCUT2D eigenvalue weighted by Gasteiger charge is -2.29. The van der Waals surface area contributed by atoms with Crippen LogP contribution < -0.4 is 20.2 Å². The van der Waals surface area contributed by atoms with E-state index in [1.807, 2.05) is 24.3 Å². The van der Waals surface area contributed by atoms with Gasteiger partial charge in [0.15, 0.2) is 6.61 Å². The molecule has 6 nitrogen and oxygen atoms in total. The zero-order chi connectivity index (χ0) is 22.7. The van der Waals surface area contributed by atoms with Crippen molar-refractivity contribution in [1.82, 2.24) is 5.32 Å². The van der Waals surface area contributed by atoms with E-state index in [4.69, 9.17) is 13.9 Å². The van der Waals surface area contributed by atoms with Crippen LogP contribution >= 0.6 is 0 Å². The first-order chi connectivity index (χ1) is 15.5. The molecule has 2 atom stereocenters. The third kappa shape index (κ3) is 4.64. The van der Waals surface area contributed by atoms with Gasteiger partial charge in [-0.1, -0.05) is 31.9 Å². The molecule has 2 aromatic carbocycles. The summed E-state index contributed by atoms with van der Waals surface area (Å²) in [5.74, 6) is 2.10. The molecule has 0 bridgehead atoms. The Morgan fingerprint density at radius 3 is 2.53 bits per heavy atom. The topological polar surface area (TPSA) is 77.8 Å². The molecule has 3 aromatic rings. The summed E-state index contributed by atoms with van der Waals surface area (Å²) >= 11 is 0. The fraction of sp³-hybridized carbons (Fsp3) is 0.385. The number of benzene rings is 2. The lowest BCUT2D eigenvalue weighted by Crippen LogP contribution is -2.43. The molecule has 1 heterocycles. The molecular weight excluding hydrogens is 406 g/mol. The van der Waals surface area contributed by atoms with Crippen molar-refractivity contribution in [2.45, 2.75) is 45.6 Å². The Morgan fingerprint density at radius 2 is 1.81 bits per heavy atom. The summed E-state index contributed by atoms with van der Waals surface area (Å²) < 4.78 is 16.8. The SMILES string of the molecule is COc1ccc(-c2c(C)oc3cc(OCC(=O)N[C@H]4CCCC[C@H]4C)ccc3c2=O)cc1. The van der Waals surface area contributed by atoms with Gasteiger partial charge in [0, 0.05) is 12.1 Å². The van der Waals surface area contributed by atoms with Crippen LogP contribution in [0.5, 0.6) is 11.5 Å². The second-order valence-corrected chi connectivity index (χ2v) is 8.47. The van der Waals surface area contributed by atoms with E-state index in [1.54, 1.807) is 32.2 Å². The highest BCUT2D eigenvalue weighted by Gasteiger charge is 2.23. The Labute approximate surface area is 187 Å². The first-order valence-corrected chi connectivity index (χ1v) is 11.1. The highest BCUT2D eigenvalue weighted by molar-refractivity contribution is 5.84. The van der Waals surface area contributed by atoms with Crippen molar-refractivity contribution in [2.24, 2.45) is 5.92 Å². The molecule has 1 aliphatic rings. The highest BCUT2D eigenvalue weighted by atomic mass is 16.5.